The fraction of sp³-hybridized carbons (Fsp3) is 0.692. The second kappa shape index (κ2) is 6.13. The van der Waals surface area contributed by atoms with Crippen molar-refractivity contribution in [3.05, 3.63) is 10.5 Å². The normalized spacial score (nSPS) is 13.3. The van der Waals surface area contributed by atoms with E-state index in [9.17, 15) is 0 Å². The Morgan fingerprint density at radius 1 is 1.42 bits per heavy atom. The molecule has 106 valence electrons. The Bertz CT molecular complexity index is 608. The smallest absolute Gasteiger partial charge is 0.179 e. The minimum atomic E-state index is 0.432. The van der Waals surface area contributed by atoms with Crippen molar-refractivity contribution in [2.75, 3.05) is 12.0 Å². The molecule has 0 aromatic carbocycles. The summed E-state index contributed by atoms with van der Waals surface area (Å²) in [4.78, 5) is 3.36. The van der Waals surface area contributed by atoms with Gasteiger partial charge < -0.3 is 4.98 Å². The zero-order valence-electron chi connectivity index (χ0n) is 12.1. The molecule has 1 N–H and O–H groups in total. The van der Waals surface area contributed by atoms with Crippen LogP contribution in [0.3, 0.4) is 0 Å². The minimum Gasteiger partial charge on any atom is -0.328 e. The Morgan fingerprint density at radius 2 is 2.16 bits per heavy atom. The van der Waals surface area contributed by atoms with Crippen LogP contribution >= 0.6 is 24.0 Å². The molecule has 0 spiro atoms. The molecule has 0 aliphatic heterocycles. The summed E-state index contributed by atoms with van der Waals surface area (Å²) in [7, 11) is 2.01. The van der Waals surface area contributed by atoms with Gasteiger partial charge in [0.1, 0.15) is 5.52 Å². The summed E-state index contributed by atoms with van der Waals surface area (Å²) < 4.78 is 5.03. The molecule has 1 unspecified atom stereocenters. The quantitative estimate of drug-likeness (QED) is 0.826. The van der Waals surface area contributed by atoms with Crippen LogP contribution in [0.1, 0.15) is 38.4 Å². The van der Waals surface area contributed by atoms with E-state index in [0.29, 0.717) is 6.04 Å². The van der Waals surface area contributed by atoms with Crippen LogP contribution in [-0.2, 0) is 13.5 Å². The Labute approximate surface area is 123 Å². The van der Waals surface area contributed by atoms with Crippen molar-refractivity contribution < 1.29 is 0 Å². The highest BCUT2D eigenvalue weighted by Gasteiger charge is 2.19. The maximum absolute atomic E-state index is 5.52. The van der Waals surface area contributed by atoms with Crippen molar-refractivity contribution in [3.8, 4) is 0 Å². The molecule has 2 rings (SSSR count). The molecular weight excluding hydrogens is 276 g/mol. The molecule has 2 aromatic heterocycles. The fourth-order valence-electron chi connectivity index (χ4n) is 2.55. The average Bonchev–Trinajstić information content (AvgIpc) is 2.86. The number of aromatic amines is 1. The van der Waals surface area contributed by atoms with Gasteiger partial charge >= 0.3 is 0 Å². The maximum Gasteiger partial charge on any atom is 0.179 e. The van der Waals surface area contributed by atoms with Crippen LogP contribution in [-0.4, -0.2) is 31.3 Å². The molecule has 0 radical (unpaired) electrons. The van der Waals surface area contributed by atoms with Crippen molar-refractivity contribution in [2.45, 2.75) is 39.2 Å². The lowest BCUT2D eigenvalue weighted by Gasteiger charge is -2.16. The van der Waals surface area contributed by atoms with Crippen LogP contribution in [0, 0.1) is 4.77 Å². The van der Waals surface area contributed by atoms with Gasteiger partial charge in [-0.05, 0) is 31.3 Å². The summed E-state index contributed by atoms with van der Waals surface area (Å²) in [5.74, 6) is 1.08. The molecule has 6 heteroatoms. The van der Waals surface area contributed by atoms with Gasteiger partial charge in [0, 0.05) is 18.8 Å². The Hall–Kier alpha value is -0.750. The molecule has 0 saturated carbocycles. The van der Waals surface area contributed by atoms with Crippen LogP contribution in [0.15, 0.2) is 0 Å². The van der Waals surface area contributed by atoms with Gasteiger partial charge in [0.15, 0.2) is 10.4 Å². The molecule has 0 saturated heterocycles. The lowest BCUT2D eigenvalue weighted by atomic mass is 10.2. The summed E-state index contributed by atoms with van der Waals surface area (Å²) in [6.45, 7) is 4.39. The summed E-state index contributed by atoms with van der Waals surface area (Å²) in [6, 6.07) is 0.432. The van der Waals surface area contributed by atoms with E-state index in [0.717, 1.165) is 46.6 Å². The first-order valence-electron chi connectivity index (χ1n) is 6.79. The van der Waals surface area contributed by atoms with E-state index >= 15 is 0 Å². The van der Waals surface area contributed by atoms with E-state index < -0.39 is 0 Å². The van der Waals surface area contributed by atoms with Crippen molar-refractivity contribution in [3.63, 3.8) is 0 Å². The summed E-state index contributed by atoms with van der Waals surface area (Å²) >= 11 is 7.39. The maximum atomic E-state index is 5.52. The number of hydrogen-bond donors (Lipinski definition) is 1. The topological polar surface area (TPSA) is 38.5 Å². The number of nitrogens with zero attached hydrogens (tertiary/aromatic N) is 3. The summed E-state index contributed by atoms with van der Waals surface area (Å²) in [6.07, 6.45) is 5.31. The average molecular weight is 298 g/mol. The number of fused-ring (bicyclic) bond motifs is 1. The SMILES string of the molecule is CCCc1nn(C)c2c1[nH]c(=S)n2C(CC)CSC. The van der Waals surface area contributed by atoms with Crippen molar-refractivity contribution in [1.82, 2.24) is 19.3 Å². The number of rotatable bonds is 6. The van der Waals surface area contributed by atoms with Gasteiger partial charge in [0.2, 0.25) is 0 Å². The third-order valence-electron chi connectivity index (χ3n) is 3.45. The molecular formula is C13H22N4S2. The number of nitrogens with one attached hydrogen (secondary N) is 1. The zero-order valence-corrected chi connectivity index (χ0v) is 13.7. The van der Waals surface area contributed by atoms with E-state index in [1.54, 1.807) is 0 Å². The zero-order chi connectivity index (χ0) is 14.0. The molecule has 0 bridgehead atoms. The van der Waals surface area contributed by atoms with Gasteiger partial charge in [-0.2, -0.15) is 16.9 Å². The van der Waals surface area contributed by atoms with Gasteiger partial charge in [-0.15, -0.1) is 0 Å². The summed E-state index contributed by atoms with van der Waals surface area (Å²) in [5.41, 5.74) is 3.38. The second-order valence-corrected chi connectivity index (χ2v) is 6.13. The Morgan fingerprint density at radius 3 is 2.74 bits per heavy atom. The largest absolute Gasteiger partial charge is 0.328 e. The third-order valence-corrected chi connectivity index (χ3v) is 4.47. The predicted octanol–water partition coefficient (Wildman–Crippen LogP) is 3.70. The standard InChI is InChI=1S/C13H22N4S2/c1-5-7-10-11-12(16(3)15-10)17(13(18)14-11)9(6-2)8-19-4/h9H,5-8H2,1-4H3,(H,14,18). The first-order chi connectivity index (χ1) is 9.13. The van der Waals surface area contributed by atoms with Gasteiger partial charge in [-0.1, -0.05) is 20.3 Å². The lowest BCUT2D eigenvalue weighted by Crippen LogP contribution is -2.13. The van der Waals surface area contributed by atoms with E-state index in [2.05, 4.69) is 34.8 Å². The highest BCUT2D eigenvalue weighted by Crippen LogP contribution is 2.25. The molecule has 0 fully saturated rings. The number of imidazole rings is 1. The van der Waals surface area contributed by atoms with Crippen LogP contribution in [0.4, 0.5) is 0 Å². The van der Waals surface area contributed by atoms with Crippen molar-refractivity contribution in [2.24, 2.45) is 7.05 Å². The number of aryl methyl sites for hydroxylation is 2. The van der Waals surface area contributed by atoms with E-state index in [4.69, 9.17) is 12.2 Å². The first kappa shape index (κ1) is 14.7. The molecule has 0 aliphatic rings. The molecule has 4 nitrogen and oxygen atoms in total. The van der Waals surface area contributed by atoms with E-state index in [-0.39, 0.29) is 0 Å². The van der Waals surface area contributed by atoms with Crippen molar-refractivity contribution >= 4 is 35.1 Å². The number of aromatic nitrogens is 4. The number of hydrogen-bond acceptors (Lipinski definition) is 3. The number of H-pyrrole nitrogens is 1. The van der Waals surface area contributed by atoms with Gasteiger partial charge in [0.05, 0.1) is 5.69 Å². The number of thioether (sulfide) groups is 1. The van der Waals surface area contributed by atoms with Crippen LogP contribution < -0.4 is 0 Å². The molecule has 2 heterocycles. The third kappa shape index (κ3) is 2.60. The van der Waals surface area contributed by atoms with Crippen LogP contribution in [0.2, 0.25) is 0 Å². The van der Waals surface area contributed by atoms with Crippen LogP contribution in [0.25, 0.3) is 11.2 Å². The molecule has 2 aromatic rings. The molecule has 19 heavy (non-hydrogen) atoms. The fourth-order valence-corrected chi connectivity index (χ4v) is 3.66. The molecule has 1 atom stereocenters. The monoisotopic (exact) mass is 298 g/mol. The van der Waals surface area contributed by atoms with Gasteiger partial charge in [-0.3, -0.25) is 9.25 Å². The molecule has 0 amide bonds. The minimum absolute atomic E-state index is 0.432. The lowest BCUT2D eigenvalue weighted by molar-refractivity contribution is 0.533. The first-order valence-corrected chi connectivity index (χ1v) is 8.59. The van der Waals surface area contributed by atoms with Gasteiger partial charge in [-0.25, -0.2) is 0 Å². The van der Waals surface area contributed by atoms with Gasteiger partial charge in [0.25, 0.3) is 0 Å². The highest BCUT2D eigenvalue weighted by atomic mass is 32.2. The Kier molecular flexibility index (Phi) is 4.73. The van der Waals surface area contributed by atoms with Crippen LogP contribution in [0.5, 0.6) is 0 Å². The molecule has 0 aliphatic carbocycles. The van der Waals surface area contributed by atoms with Crippen molar-refractivity contribution in [1.29, 1.82) is 0 Å². The second-order valence-electron chi connectivity index (χ2n) is 4.84. The highest BCUT2D eigenvalue weighted by molar-refractivity contribution is 7.98. The van der Waals surface area contributed by atoms with E-state index in [1.165, 1.54) is 0 Å². The predicted molar refractivity (Wildman–Crippen MR) is 85.6 cm³/mol. The Balaban J connectivity index is 2.61. The van der Waals surface area contributed by atoms with E-state index in [1.807, 2.05) is 23.5 Å². The summed E-state index contributed by atoms with van der Waals surface area (Å²) in [5, 5.41) is 4.63.